The third-order valence-corrected chi connectivity index (χ3v) is 4.30. The molecule has 0 atom stereocenters. The molecule has 6 nitrogen and oxygen atoms in total. The van der Waals surface area contributed by atoms with Crippen LogP contribution in [0.5, 0.6) is 0 Å². The monoisotopic (exact) mass is 333 g/mol. The molecule has 0 spiro atoms. The highest BCUT2D eigenvalue weighted by molar-refractivity contribution is 6.02. The molecule has 0 unspecified atom stereocenters. The van der Waals surface area contributed by atoms with Crippen LogP contribution < -0.4 is 5.32 Å². The number of benzene rings is 1. The quantitative estimate of drug-likeness (QED) is 0.747. The number of amides is 1. The van der Waals surface area contributed by atoms with Crippen molar-refractivity contribution in [2.75, 3.05) is 5.32 Å². The van der Waals surface area contributed by atoms with E-state index in [2.05, 4.69) is 10.4 Å². The van der Waals surface area contributed by atoms with E-state index in [4.69, 9.17) is 5.10 Å². The maximum Gasteiger partial charge on any atom is 0.249 e. The van der Waals surface area contributed by atoms with Crippen molar-refractivity contribution < 1.29 is 4.79 Å². The smallest absolute Gasteiger partial charge is 0.249 e. The highest BCUT2D eigenvalue weighted by Gasteiger charge is 2.23. The molecule has 0 fully saturated rings. The Morgan fingerprint density at radius 2 is 2.08 bits per heavy atom. The largest absolute Gasteiger partial charge is 0.307 e. The first kappa shape index (κ1) is 15.4. The molecule has 1 aliphatic rings. The van der Waals surface area contributed by atoms with Gasteiger partial charge < -0.3 is 5.32 Å². The van der Waals surface area contributed by atoms with Crippen LogP contribution in [0.15, 0.2) is 48.8 Å². The lowest BCUT2D eigenvalue weighted by molar-refractivity contribution is -0.111. The topological polar surface area (TPSA) is 64.7 Å². The number of carbonyl (C=O) groups excluding carboxylic acids is 1. The van der Waals surface area contributed by atoms with Gasteiger partial charge in [-0.05, 0) is 37.5 Å². The minimum absolute atomic E-state index is 0.171. The van der Waals surface area contributed by atoms with Crippen molar-refractivity contribution in [3.05, 3.63) is 65.6 Å². The van der Waals surface area contributed by atoms with Crippen LogP contribution >= 0.6 is 0 Å². The molecule has 0 saturated carbocycles. The molecule has 126 valence electrons. The Bertz CT molecular complexity index is 936. The van der Waals surface area contributed by atoms with Gasteiger partial charge in [0.15, 0.2) is 0 Å². The summed E-state index contributed by atoms with van der Waals surface area (Å²) in [6.45, 7) is 0. The van der Waals surface area contributed by atoms with E-state index in [1.165, 1.54) is 6.08 Å². The van der Waals surface area contributed by atoms with E-state index in [9.17, 15) is 4.79 Å². The molecule has 3 aromatic rings. The van der Waals surface area contributed by atoms with Gasteiger partial charge in [0.25, 0.3) is 0 Å². The summed E-state index contributed by atoms with van der Waals surface area (Å²) in [5.41, 5.74) is 4.06. The van der Waals surface area contributed by atoms with Gasteiger partial charge in [-0.15, -0.1) is 0 Å². The summed E-state index contributed by atoms with van der Waals surface area (Å²) in [7, 11) is 1.85. The van der Waals surface area contributed by atoms with Gasteiger partial charge in [0.1, 0.15) is 5.82 Å². The summed E-state index contributed by atoms with van der Waals surface area (Å²) in [5, 5.41) is 11.8. The summed E-state index contributed by atoms with van der Waals surface area (Å²) in [5.74, 6) is 0.607. The lowest BCUT2D eigenvalue weighted by atomic mass is 10.2. The second kappa shape index (κ2) is 6.39. The van der Waals surface area contributed by atoms with Gasteiger partial charge in [0, 0.05) is 30.4 Å². The van der Waals surface area contributed by atoms with Crippen molar-refractivity contribution >= 4 is 17.8 Å². The maximum atomic E-state index is 12.4. The number of rotatable bonds is 4. The molecule has 1 aliphatic carbocycles. The number of nitrogens with zero attached hydrogens (tertiary/aromatic N) is 4. The Morgan fingerprint density at radius 1 is 1.24 bits per heavy atom. The minimum Gasteiger partial charge on any atom is -0.307 e. The van der Waals surface area contributed by atoms with Crippen molar-refractivity contribution in [3.63, 3.8) is 0 Å². The second-order valence-corrected chi connectivity index (χ2v) is 6.14. The lowest BCUT2D eigenvalue weighted by Crippen LogP contribution is -2.13. The van der Waals surface area contributed by atoms with Crippen molar-refractivity contribution in [2.45, 2.75) is 19.3 Å². The first-order valence-electron chi connectivity index (χ1n) is 8.34. The van der Waals surface area contributed by atoms with E-state index in [0.29, 0.717) is 0 Å². The zero-order valence-corrected chi connectivity index (χ0v) is 14.0. The van der Waals surface area contributed by atoms with E-state index in [-0.39, 0.29) is 5.91 Å². The van der Waals surface area contributed by atoms with E-state index in [0.717, 1.165) is 47.6 Å². The highest BCUT2D eigenvalue weighted by Crippen LogP contribution is 2.30. The van der Waals surface area contributed by atoms with E-state index in [1.807, 2.05) is 48.3 Å². The minimum atomic E-state index is -0.171. The van der Waals surface area contributed by atoms with Crippen molar-refractivity contribution in [2.24, 2.45) is 7.05 Å². The zero-order valence-electron chi connectivity index (χ0n) is 14.0. The maximum absolute atomic E-state index is 12.4. The van der Waals surface area contributed by atoms with Crippen LogP contribution in [0, 0.1) is 0 Å². The second-order valence-electron chi connectivity index (χ2n) is 6.14. The van der Waals surface area contributed by atoms with E-state index >= 15 is 0 Å². The predicted molar refractivity (Wildman–Crippen MR) is 96.5 cm³/mol. The summed E-state index contributed by atoms with van der Waals surface area (Å²) in [6.07, 6.45) is 9.85. The summed E-state index contributed by atoms with van der Waals surface area (Å²) in [4.78, 5) is 12.4. The molecule has 6 heteroatoms. The molecule has 1 amide bonds. The van der Waals surface area contributed by atoms with Crippen LogP contribution in [0.25, 0.3) is 11.8 Å². The molecular weight excluding hydrogens is 314 g/mol. The number of anilines is 1. The Labute approximate surface area is 145 Å². The van der Waals surface area contributed by atoms with Crippen LogP contribution in [0.1, 0.15) is 23.2 Å². The molecule has 2 heterocycles. The summed E-state index contributed by atoms with van der Waals surface area (Å²) in [6, 6.07) is 9.88. The summed E-state index contributed by atoms with van der Waals surface area (Å²) < 4.78 is 3.54. The van der Waals surface area contributed by atoms with Gasteiger partial charge in [-0.25, -0.2) is 4.68 Å². The zero-order chi connectivity index (χ0) is 17.2. The molecule has 0 saturated heterocycles. The third kappa shape index (κ3) is 3.10. The van der Waals surface area contributed by atoms with Crippen LogP contribution in [0.3, 0.4) is 0 Å². The average molecular weight is 333 g/mol. The highest BCUT2D eigenvalue weighted by atomic mass is 16.1. The number of aryl methyl sites for hydroxylation is 2. The van der Waals surface area contributed by atoms with Gasteiger partial charge in [0.2, 0.25) is 5.91 Å². The molecule has 1 aromatic carbocycles. The Morgan fingerprint density at radius 3 is 2.84 bits per heavy atom. The molecule has 0 aliphatic heterocycles. The lowest BCUT2D eigenvalue weighted by Gasteiger charge is -2.09. The van der Waals surface area contributed by atoms with Crippen molar-refractivity contribution in [1.29, 1.82) is 0 Å². The van der Waals surface area contributed by atoms with Crippen molar-refractivity contribution in [3.8, 4) is 5.69 Å². The number of para-hydroxylation sites is 1. The van der Waals surface area contributed by atoms with Crippen LogP contribution in [-0.2, 0) is 24.7 Å². The standard InChI is InChI=1S/C19H19N5O/c1-23-13-14(12-20-23)10-11-18(25)21-19-16-8-5-9-17(16)22-24(19)15-6-3-2-4-7-15/h2-4,6-7,10-13H,5,8-9H2,1H3,(H,21,25)/b11-10+. The Hall–Kier alpha value is -3.15. The molecule has 1 N–H and O–H groups in total. The predicted octanol–water partition coefficient (Wildman–Crippen LogP) is 2.75. The van der Waals surface area contributed by atoms with Crippen LogP contribution in [0.2, 0.25) is 0 Å². The molecule has 2 aromatic heterocycles. The van der Waals surface area contributed by atoms with E-state index < -0.39 is 0 Å². The molecule has 4 rings (SSSR count). The average Bonchev–Trinajstić information content (AvgIpc) is 3.31. The fourth-order valence-corrected chi connectivity index (χ4v) is 3.13. The number of hydrogen-bond donors (Lipinski definition) is 1. The van der Waals surface area contributed by atoms with Gasteiger partial charge >= 0.3 is 0 Å². The number of carbonyl (C=O) groups is 1. The first-order chi connectivity index (χ1) is 12.2. The number of hydrogen-bond acceptors (Lipinski definition) is 3. The Kier molecular flexibility index (Phi) is 3.93. The Balaban J connectivity index is 1.61. The summed E-state index contributed by atoms with van der Waals surface area (Å²) >= 11 is 0. The number of aromatic nitrogens is 4. The molecule has 0 radical (unpaired) electrons. The first-order valence-corrected chi connectivity index (χ1v) is 8.34. The SMILES string of the molecule is Cn1cc(/C=C/C(=O)Nc2c3c(nn2-c2ccccc2)CCC3)cn1. The fourth-order valence-electron chi connectivity index (χ4n) is 3.13. The molecular formula is C19H19N5O. The van der Waals surface area contributed by atoms with Gasteiger partial charge in [0.05, 0.1) is 17.6 Å². The van der Waals surface area contributed by atoms with Gasteiger partial charge in [-0.3, -0.25) is 9.48 Å². The molecule has 0 bridgehead atoms. The fraction of sp³-hybridized carbons (Fsp3) is 0.211. The number of fused-ring (bicyclic) bond motifs is 1. The number of nitrogens with one attached hydrogen (secondary N) is 1. The van der Waals surface area contributed by atoms with Gasteiger partial charge in [-0.2, -0.15) is 10.2 Å². The normalized spacial score (nSPS) is 13.3. The van der Waals surface area contributed by atoms with Crippen molar-refractivity contribution in [1.82, 2.24) is 19.6 Å². The molecule has 25 heavy (non-hydrogen) atoms. The third-order valence-electron chi connectivity index (χ3n) is 4.30. The van der Waals surface area contributed by atoms with Crippen LogP contribution in [-0.4, -0.2) is 25.5 Å². The van der Waals surface area contributed by atoms with E-state index in [1.54, 1.807) is 17.0 Å². The van der Waals surface area contributed by atoms with Gasteiger partial charge in [-0.1, -0.05) is 18.2 Å². The van der Waals surface area contributed by atoms with Crippen LogP contribution in [0.4, 0.5) is 5.82 Å².